The zero-order valence-electron chi connectivity index (χ0n) is 8.61. The van der Waals surface area contributed by atoms with E-state index in [4.69, 9.17) is 0 Å². The highest BCUT2D eigenvalue weighted by Gasteiger charge is 2.17. The maximum atomic E-state index is 13.2. The van der Waals surface area contributed by atoms with Crippen LogP contribution in [0.4, 0.5) is 4.39 Å². The predicted octanol–water partition coefficient (Wildman–Crippen LogP) is 1.24. The molecule has 0 aliphatic rings. The van der Waals surface area contributed by atoms with Crippen LogP contribution in [0.1, 0.15) is 10.5 Å². The Morgan fingerprint density at radius 2 is 2.24 bits per heavy atom. The number of esters is 1. The molecule has 0 unspecified atom stereocenters. The van der Waals surface area contributed by atoms with Crippen molar-refractivity contribution in [3.05, 3.63) is 28.2 Å². The molecule has 0 aromatic carbocycles. The van der Waals surface area contributed by atoms with Crippen LogP contribution in [-0.2, 0) is 19.3 Å². The molecule has 0 saturated heterocycles. The molecule has 0 radical (unpaired) electrons. The van der Waals surface area contributed by atoms with Gasteiger partial charge < -0.3 is 4.74 Å². The first kappa shape index (κ1) is 13.5. The Labute approximate surface area is 104 Å². The summed E-state index contributed by atoms with van der Waals surface area (Å²) in [5, 5.41) is 0. The van der Waals surface area contributed by atoms with E-state index < -0.39 is 30.1 Å². The summed E-state index contributed by atoms with van der Waals surface area (Å²) in [5.41, 5.74) is -0.543. The second kappa shape index (κ2) is 6.26. The molecule has 0 bridgehead atoms. The highest BCUT2D eigenvalue weighted by Crippen LogP contribution is 2.13. The number of rotatable bonds is 4. The Hall–Kier alpha value is -1.54. The highest BCUT2D eigenvalue weighted by molar-refractivity contribution is 9.10. The van der Waals surface area contributed by atoms with Crippen molar-refractivity contribution in [1.82, 2.24) is 4.98 Å². The van der Waals surface area contributed by atoms with Crippen LogP contribution >= 0.6 is 15.9 Å². The molecule has 1 aromatic heterocycles. The lowest BCUT2D eigenvalue weighted by Gasteiger charge is -2.03. The molecule has 0 spiro atoms. The number of pyridine rings is 1. The lowest BCUT2D eigenvalue weighted by atomic mass is 10.3. The summed E-state index contributed by atoms with van der Waals surface area (Å²) in [6.45, 7) is -0.583. The van der Waals surface area contributed by atoms with E-state index in [0.717, 1.165) is 13.2 Å². The Bertz CT molecular complexity index is 439. The molecule has 1 heterocycles. The molecule has 1 aromatic rings. The first-order valence-corrected chi connectivity index (χ1v) is 5.05. The van der Waals surface area contributed by atoms with Gasteiger partial charge in [-0.3, -0.25) is 4.89 Å². The smallest absolute Gasteiger partial charge is 0.394 e. The van der Waals surface area contributed by atoms with Crippen LogP contribution in [-0.4, -0.2) is 30.6 Å². The van der Waals surface area contributed by atoms with Gasteiger partial charge in [0.2, 0.25) is 0 Å². The van der Waals surface area contributed by atoms with Crippen molar-refractivity contribution in [2.24, 2.45) is 0 Å². The van der Waals surface area contributed by atoms with E-state index in [-0.39, 0.29) is 0 Å². The second-order valence-corrected chi connectivity index (χ2v) is 3.61. The second-order valence-electron chi connectivity index (χ2n) is 2.69. The van der Waals surface area contributed by atoms with Crippen LogP contribution in [0.2, 0.25) is 0 Å². The number of nitrogens with zero attached hydrogens (tertiary/aromatic N) is 1. The van der Waals surface area contributed by atoms with Gasteiger partial charge in [-0.1, -0.05) is 0 Å². The zero-order valence-corrected chi connectivity index (χ0v) is 10.2. The number of carbonyl (C=O) groups excluding carboxylic acids is 2. The van der Waals surface area contributed by atoms with E-state index in [1.807, 2.05) is 0 Å². The summed E-state index contributed by atoms with van der Waals surface area (Å²) in [5.74, 6) is -2.74. The number of hydrogen-bond acceptors (Lipinski definition) is 6. The third-order valence-corrected chi connectivity index (χ3v) is 1.97. The van der Waals surface area contributed by atoms with Gasteiger partial charge in [-0.15, -0.1) is 0 Å². The van der Waals surface area contributed by atoms with Crippen molar-refractivity contribution >= 4 is 27.9 Å². The van der Waals surface area contributed by atoms with Crippen molar-refractivity contribution in [2.75, 3.05) is 13.7 Å². The maximum Gasteiger partial charge on any atom is 0.394 e. The lowest BCUT2D eigenvalue weighted by Crippen LogP contribution is -2.15. The molecule has 0 N–H and O–H groups in total. The van der Waals surface area contributed by atoms with Gasteiger partial charge in [-0.05, 0) is 22.0 Å². The minimum atomic E-state index is -1.14. The summed E-state index contributed by atoms with van der Waals surface area (Å²) < 4.78 is 17.8. The molecule has 8 heteroatoms. The molecule has 1 rings (SSSR count). The minimum absolute atomic E-state index is 0.377. The third kappa shape index (κ3) is 4.08. The molecule has 17 heavy (non-hydrogen) atoms. The number of halogens is 2. The Morgan fingerprint density at radius 3 is 2.82 bits per heavy atom. The summed E-state index contributed by atoms with van der Waals surface area (Å²) in [6.07, 6.45) is 1.22. The van der Waals surface area contributed by atoms with Crippen molar-refractivity contribution in [1.29, 1.82) is 0 Å². The van der Waals surface area contributed by atoms with E-state index in [1.54, 1.807) is 0 Å². The average molecular weight is 308 g/mol. The molecule has 0 atom stereocenters. The van der Waals surface area contributed by atoms with Crippen LogP contribution in [0.3, 0.4) is 0 Å². The van der Waals surface area contributed by atoms with E-state index in [9.17, 15) is 14.0 Å². The van der Waals surface area contributed by atoms with Gasteiger partial charge in [0.15, 0.2) is 18.1 Å². The van der Waals surface area contributed by atoms with Crippen molar-refractivity contribution in [3.8, 4) is 0 Å². The van der Waals surface area contributed by atoms with Crippen molar-refractivity contribution < 1.29 is 28.5 Å². The number of hydrogen-bond donors (Lipinski definition) is 0. The molecule has 92 valence electrons. The molecule has 0 aliphatic heterocycles. The Morgan fingerprint density at radius 1 is 1.53 bits per heavy atom. The van der Waals surface area contributed by atoms with Gasteiger partial charge in [0.05, 0.1) is 7.11 Å². The summed E-state index contributed by atoms with van der Waals surface area (Å²) in [4.78, 5) is 33.7. The maximum absolute atomic E-state index is 13.2. The van der Waals surface area contributed by atoms with Gasteiger partial charge in [0.1, 0.15) is 0 Å². The topological polar surface area (TPSA) is 74.7 Å². The van der Waals surface area contributed by atoms with Gasteiger partial charge in [-0.2, -0.15) is 4.89 Å². The van der Waals surface area contributed by atoms with Gasteiger partial charge in [0.25, 0.3) is 0 Å². The lowest BCUT2D eigenvalue weighted by molar-refractivity contribution is -0.243. The standard InChI is InChI=1S/C9H7BrFNO5/c1-15-7(13)4-16-17-9(14)8-6(11)2-5(10)3-12-8/h2-3H,4H2,1H3. The molecule has 0 fully saturated rings. The quantitative estimate of drug-likeness (QED) is 0.473. The van der Waals surface area contributed by atoms with E-state index in [2.05, 4.69) is 35.4 Å². The number of aromatic nitrogens is 1. The average Bonchev–Trinajstić information content (AvgIpc) is 2.28. The fourth-order valence-corrected chi connectivity index (χ4v) is 1.10. The van der Waals surface area contributed by atoms with Crippen LogP contribution < -0.4 is 0 Å². The normalized spacial score (nSPS) is 9.82. The Balaban J connectivity index is 2.55. The minimum Gasteiger partial charge on any atom is -0.467 e. The van der Waals surface area contributed by atoms with Gasteiger partial charge in [-0.25, -0.2) is 19.0 Å². The van der Waals surface area contributed by atoms with Crippen LogP contribution in [0.25, 0.3) is 0 Å². The molecule has 0 saturated carbocycles. The van der Waals surface area contributed by atoms with Crippen molar-refractivity contribution in [2.45, 2.75) is 0 Å². The van der Waals surface area contributed by atoms with Crippen molar-refractivity contribution in [3.63, 3.8) is 0 Å². The fraction of sp³-hybridized carbons (Fsp3) is 0.222. The summed E-state index contributed by atoms with van der Waals surface area (Å²) in [7, 11) is 1.14. The number of ether oxygens (including phenoxy) is 1. The summed E-state index contributed by atoms with van der Waals surface area (Å²) >= 11 is 2.98. The first-order chi connectivity index (χ1) is 8.04. The van der Waals surface area contributed by atoms with E-state index >= 15 is 0 Å². The van der Waals surface area contributed by atoms with E-state index in [0.29, 0.717) is 4.47 Å². The monoisotopic (exact) mass is 307 g/mol. The molecule has 0 amide bonds. The number of carbonyl (C=O) groups is 2. The Kier molecular flexibility index (Phi) is 4.98. The van der Waals surface area contributed by atoms with Gasteiger partial charge >= 0.3 is 11.9 Å². The largest absolute Gasteiger partial charge is 0.467 e. The molecule has 6 nitrogen and oxygen atoms in total. The van der Waals surface area contributed by atoms with Crippen LogP contribution in [0.5, 0.6) is 0 Å². The van der Waals surface area contributed by atoms with Crippen LogP contribution in [0.15, 0.2) is 16.7 Å². The van der Waals surface area contributed by atoms with Gasteiger partial charge in [0, 0.05) is 10.7 Å². The fourth-order valence-electron chi connectivity index (χ4n) is 0.794. The zero-order chi connectivity index (χ0) is 12.8. The first-order valence-electron chi connectivity index (χ1n) is 4.26. The molecular formula is C9H7BrFNO5. The van der Waals surface area contributed by atoms with E-state index in [1.165, 1.54) is 6.20 Å². The number of methoxy groups -OCH3 is 1. The summed E-state index contributed by atoms with van der Waals surface area (Å²) in [6, 6.07) is 1.05. The highest BCUT2D eigenvalue weighted by atomic mass is 79.9. The molecular weight excluding hydrogens is 301 g/mol. The third-order valence-electron chi connectivity index (χ3n) is 1.54. The SMILES string of the molecule is COC(=O)COOC(=O)c1ncc(Br)cc1F. The van der Waals surface area contributed by atoms with Crippen LogP contribution in [0, 0.1) is 5.82 Å². The predicted molar refractivity (Wildman–Crippen MR) is 55.3 cm³/mol. The molecule has 0 aliphatic carbocycles.